The molecular formula is C16H19NO2. The summed E-state index contributed by atoms with van der Waals surface area (Å²) in [5.41, 5.74) is 1.63. The third-order valence-electron chi connectivity index (χ3n) is 3.12. The highest BCUT2D eigenvalue weighted by Gasteiger charge is 2.11. The quantitative estimate of drug-likeness (QED) is 0.882. The van der Waals surface area contributed by atoms with Crippen molar-refractivity contribution in [3.05, 3.63) is 52.4 Å². The van der Waals surface area contributed by atoms with Crippen LogP contribution in [0.5, 0.6) is 5.75 Å². The van der Waals surface area contributed by atoms with E-state index in [0.29, 0.717) is 11.5 Å². The van der Waals surface area contributed by atoms with Crippen LogP contribution in [0, 0.1) is 5.92 Å². The Labute approximate surface area is 112 Å². The van der Waals surface area contributed by atoms with E-state index in [2.05, 4.69) is 18.8 Å². The summed E-state index contributed by atoms with van der Waals surface area (Å²) < 4.78 is 0. The Balaban J connectivity index is 2.36. The van der Waals surface area contributed by atoms with Crippen LogP contribution in [-0.4, -0.2) is 10.1 Å². The zero-order chi connectivity index (χ0) is 13.8. The van der Waals surface area contributed by atoms with Crippen molar-refractivity contribution in [2.75, 3.05) is 0 Å². The average molecular weight is 257 g/mol. The Morgan fingerprint density at radius 3 is 2.47 bits per heavy atom. The largest absolute Gasteiger partial charge is 0.507 e. The lowest BCUT2D eigenvalue weighted by Crippen LogP contribution is -2.12. The van der Waals surface area contributed by atoms with Crippen molar-refractivity contribution in [1.29, 1.82) is 0 Å². The molecule has 2 rings (SSSR count). The highest BCUT2D eigenvalue weighted by atomic mass is 16.3. The molecule has 2 aromatic rings. The topological polar surface area (TPSA) is 53.1 Å². The van der Waals surface area contributed by atoms with Crippen molar-refractivity contribution in [2.45, 2.75) is 26.7 Å². The Kier molecular flexibility index (Phi) is 4.05. The van der Waals surface area contributed by atoms with Crippen LogP contribution < -0.4 is 5.56 Å². The smallest absolute Gasteiger partial charge is 0.259 e. The van der Waals surface area contributed by atoms with Gasteiger partial charge in [0.25, 0.3) is 5.56 Å². The van der Waals surface area contributed by atoms with Gasteiger partial charge in [0, 0.05) is 11.8 Å². The molecule has 0 bridgehead atoms. The van der Waals surface area contributed by atoms with Gasteiger partial charge in [-0.05, 0) is 24.3 Å². The molecule has 0 saturated carbocycles. The Morgan fingerprint density at radius 2 is 1.89 bits per heavy atom. The van der Waals surface area contributed by atoms with E-state index >= 15 is 0 Å². The zero-order valence-electron chi connectivity index (χ0n) is 11.3. The third kappa shape index (κ3) is 3.25. The molecular weight excluding hydrogens is 238 g/mol. The number of aromatic amines is 1. The van der Waals surface area contributed by atoms with Crippen molar-refractivity contribution in [3.63, 3.8) is 0 Å². The number of hydrogen-bond acceptors (Lipinski definition) is 2. The second-order valence-electron chi connectivity index (χ2n) is 5.18. The number of H-pyrrole nitrogens is 1. The van der Waals surface area contributed by atoms with Gasteiger partial charge in [-0.3, -0.25) is 4.79 Å². The van der Waals surface area contributed by atoms with Gasteiger partial charge >= 0.3 is 0 Å². The molecule has 0 saturated heterocycles. The van der Waals surface area contributed by atoms with Crippen LogP contribution in [-0.2, 0) is 6.42 Å². The minimum atomic E-state index is -0.232. The normalized spacial score (nSPS) is 10.9. The fourth-order valence-corrected chi connectivity index (χ4v) is 2.06. The molecule has 100 valence electrons. The third-order valence-corrected chi connectivity index (χ3v) is 3.12. The molecule has 0 unspecified atom stereocenters. The number of aromatic hydroxyl groups is 1. The molecule has 0 atom stereocenters. The highest BCUT2D eigenvalue weighted by Crippen LogP contribution is 2.25. The molecule has 19 heavy (non-hydrogen) atoms. The average Bonchev–Trinajstić information content (AvgIpc) is 2.37. The van der Waals surface area contributed by atoms with Gasteiger partial charge in [0.1, 0.15) is 5.75 Å². The second kappa shape index (κ2) is 5.74. The Bertz CT molecular complexity index is 600. The summed E-state index contributed by atoms with van der Waals surface area (Å²) in [6.45, 7) is 4.27. The van der Waals surface area contributed by atoms with E-state index < -0.39 is 0 Å². The van der Waals surface area contributed by atoms with Gasteiger partial charge in [-0.1, -0.05) is 44.2 Å². The number of aromatic nitrogens is 1. The minimum Gasteiger partial charge on any atom is -0.507 e. The molecule has 0 fully saturated rings. The van der Waals surface area contributed by atoms with Gasteiger partial charge in [-0.25, -0.2) is 0 Å². The first kappa shape index (κ1) is 13.4. The van der Waals surface area contributed by atoms with E-state index in [4.69, 9.17) is 0 Å². The molecule has 2 N–H and O–H groups in total. The van der Waals surface area contributed by atoms with E-state index in [9.17, 15) is 9.90 Å². The van der Waals surface area contributed by atoms with Gasteiger partial charge in [-0.15, -0.1) is 0 Å². The van der Waals surface area contributed by atoms with Gasteiger partial charge < -0.3 is 10.1 Å². The molecule has 0 aliphatic carbocycles. The molecule has 1 aromatic heterocycles. The van der Waals surface area contributed by atoms with Crippen molar-refractivity contribution >= 4 is 0 Å². The van der Waals surface area contributed by atoms with Crippen molar-refractivity contribution < 1.29 is 5.11 Å². The molecule has 0 radical (unpaired) electrons. The van der Waals surface area contributed by atoms with Gasteiger partial charge in [0.15, 0.2) is 0 Å². The lowest BCUT2D eigenvalue weighted by atomic mass is 10.0. The van der Waals surface area contributed by atoms with Crippen LogP contribution in [0.3, 0.4) is 0 Å². The van der Waals surface area contributed by atoms with Crippen molar-refractivity contribution in [1.82, 2.24) is 4.98 Å². The van der Waals surface area contributed by atoms with E-state index in [1.807, 2.05) is 30.3 Å². The lowest BCUT2D eigenvalue weighted by molar-refractivity contribution is 0.473. The van der Waals surface area contributed by atoms with Crippen LogP contribution in [0.15, 0.2) is 41.2 Å². The Hall–Kier alpha value is -2.03. The summed E-state index contributed by atoms with van der Waals surface area (Å²) in [5.74, 6) is 0.619. The summed E-state index contributed by atoms with van der Waals surface area (Å²) >= 11 is 0. The predicted octanol–water partition coefficient (Wildman–Crippen LogP) is 3.34. The fraction of sp³-hybridized carbons (Fsp3) is 0.312. The Morgan fingerprint density at radius 1 is 1.21 bits per heavy atom. The summed E-state index contributed by atoms with van der Waals surface area (Å²) in [5, 5.41) is 10.1. The summed E-state index contributed by atoms with van der Waals surface area (Å²) in [7, 11) is 0. The summed E-state index contributed by atoms with van der Waals surface area (Å²) in [4.78, 5) is 14.9. The SMILES string of the molecule is CC(C)CCc1cc(O)c(-c2ccccc2)c(=O)[nH]1. The van der Waals surface area contributed by atoms with E-state index in [1.54, 1.807) is 6.07 Å². The number of nitrogens with one attached hydrogen (secondary N) is 1. The number of hydrogen-bond donors (Lipinski definition) is 2. The van der Waals surface area contributed by atoms with Gasteiger partial charge in [-0.2, -0.15) is 0 Å². The van der Waals surface area contributed by atoms with Crippen molar-refractivity contribution in [3.8, 4) is 16.9 Å². The molecule has 1 aromatic carbocycles. The minimum absolute atomic E-state index is 0.0497. The molecule has 3 nitrogen and oxygen atoms in total. The van der Waals surface area contributed by atoms with E-state index in [0.717, 1.165) is 24.1 Å². The van der Waals surface area contributed by atoms with Gasteiger partial charge in [0.2, 0.25) is 0 Å². The molecule has 1 heterocycles. The summed E-state index contributed by atoms with van der Waals surface area (Å²) in [6.07, 6.45) is 1.76. The monoisotopic (exact) mass is 257 g/mol. The van der Waals surface area contributed by atoms with Crippen LogP contribution >= 0.6 is 0 Å². The maximum absolute atomic E-state index is 12.1. The van der Waals surface area contributed by atoms with Crippen LogP contribution in [0.4, 0.5) is 0 Å². The first-order valence-corrected chi connectivity index (χ1v) is 6.58. The molecule has 3 heteroatoms. The molecule has 0 aliphatic heterocycles. The maximum Gasteiger partial charge on any atom is 0.259 e. The standard InChI is InChI=1S/C16H19NO2/c1-11(2)8-9-13-10-14(18)15(16(19)17-13)12-6-4-3-5-7-12/h3-7,10-11H,8-9H2,1-2H3,(H2,17,18,19). The number of aryl methyl sites for hydroxylation is 1. The van der Waals surface area contributed by atoms with Crippen molar-refractivity contribution in [2.24, 2.45) is 5.92 Å². The van der Waals surface area contributed by atoms with Crippen LogP contribution in [0.2, 0.25) is 0 Å². The van der Waals surface area contributed by atoms with Crippen LogP contribution in [0.1, 0.15) is 26.0 Å². The highest BCUT2D eigenvalue weighted by molar-refractivity contribution is 5.68. The van der Waals surface area contributed by atoms with Gasteiger partial charge in [0.05, 0.1) is 5.56 Å². The first-order chi connectivity index (χ1) is 9.08. The fourth-order valence-electron chi connectivity index (χ4n) is 2.06. The number of rotatable bonds is 4. The van der Waals surface area contributed by atoms with E-state index in [-0.39, 0.29) is 11.3 Å². The predicted molar refractivity (Wildman–Crippen MR) is 77.3 cm³/mol. The number of pyridine rings is 1. The molecule has 0 amide bonds. The second-order valence-corrected chi connectivity index (χ2v) is 5.18. The van der Waals surface area contributed by atoms with Crippen LogP contribution in [0.25, 0.3) is 11.1 Å². The first-order valence-electron chi connectivity index (χ1n) is 6.58. The van der Waals surface area contributed by atoms with E-state index in [1.165, 1.54) is 0 Å². The summed E-state index contributed by atoms with van der Waals surface area (Å²) in [6, 6.07) is 10.9. The maximum atomic E-state index is 12.1. The lowest BCUT2D eigenvalue weighted by Gasteiger charge is -2.08. The number of benzene rings is 1. The zero-order valence-corrected chi connectivity index (χ0v) is 11.3. The molecule has 0 spiro atoms. The molecule has 0 aliphatic rings.